The minimum absolute atomic E-state index is 0.0324. The standard InChI is InChI=1S/C13H17NO2S/c1-10-5-8-17-11(10)3-4-12(16)14-13(9-15)6-2-7-13/h3-5,8,15H,2,6-7,9H2,1H3,(H,14,16)/b4-3+. The van der Waals surface area contributed by atoms with Gasteiger partial charge in [0.1, 0.15) is 0 Å². The first kappa shape index (κ1) is 12.3. The number of rotatable bonds is 4. The van der Waals surface area contributed by atoms with Gasteiger partial charge in [0, 0.05) is 11.0 Å². The minimum atomic E-state index is -0.355. The first-order chi connectivity index (χ1) is 8.15. The molecule has 0 unspecified atom stereocenters. The summed E-state index contributed by atoms with van der Waals surface area (Å²) in [5, 5.41) is 14.1. The fourth-order valence-corrected chi connectivity index (χ4v) is 2.76. The van der Waals surface area contributed by atoms with E-state index in [0.29, 0.717) is 0 Å². The molecule has 2 N–H and O–H groups in total. The molecule has 0 aliphatic heterocycles. The van der Waals surface area contributed by atoms with Crippen molar-refractivity contribution in [3.05, 3.63) is 28.0 Å². The van der Waals surface area contributed by atoms with Crippen LogP contribution in [0.15, 0.2) is 17.5 Å². The normalized spacial score (nSPS) is 18.0. The number of amides is 1. The lowest BCUT2D eigenvalue weighted by atomic mass is 9.77. The van der Waals surface area contributed by atoms with Gasteiger partial charge in [0.25, 0.3) is 0 Å². The summed E-state index contributed by atoms with van der Waals surface area (Å²) in [5.74, 6) is -0.119. The van der Waals surface area contributed by atoms with E-state index in [9.17, 15) is 9.90 Å². The number of thiophene rings is 1. The Labute approximate surface area is 105 Å². The Balaban J connectivity index is 1.93. The molecule has 17 heavy (non-hydrogen) atoms. The van der Waals surface area contributed by atoms with Crippen LogP contribution in [0.3, 0.4) is 0 Å². The zero-order chi connectivity index (χ0) is 12.3. The predicted molar refractivity (Wildman–Crippen MR) is 69.9 cm³/mol. The van der Waals surface area contributed by atoms with Crippen LogP contribution in [0.5, 0.6) is 0 Å². The maximum atomic E-state index is 11.7. The van der Waals surface area contributed by atoms with Crippen LogP contribution in [-0.2, 0) is 4.79 Å². The largest absolute Gasteiger partial charge is 0.394 e. The Morgan fingerprint density at radius 1 is 1.65 bits per heavy atom. The highest BCUT2D eigenvalue weighted by Gasteiger charge is 2.37. The first-order valence-corrected chi connectivity index (χ1v) is 6.68. The average molecular weight is 251 g/mol. The van der Waals surface area contributed by atoms with E-state index in [1.54, 1.807) is 17.4 Å². The SMILES string of the molecule is Cc1ccsc1/C=C/C(=O)NC1(CO)CCC1. The van der Waals surface area contributed by atoms with Crippen LogP contribution in [0.4, 0.5) is 0 Å². The molecule has 0 bridgehead atoms. The Morgan fingerprint density at radius 2 is 2.41 bits per heavy atom. The second kappa shape index (κ2) is 5.02. The van der Waals surface area contributed by atoms with Crippen LogP contribution in [0.2, 0.25) is 0 Å². The summed E-state index contributed by atoms with van der Waals surface area (Å²) >= 11 is 1.62. The van der Waals surface area contributed by atoms with Gasteiger partial charge in [0.05, 0.1) is 12.1 Å². The molecule has 1 heterocycles. The topological polar surface area (TPSA) is 49.3 Å². The molecule has 0 aromatic carbocycles. The van der Waals surface area contributed by atoms with E-state index in [1.165, 1.54) is 5.56 Å². The number of nitrogens with one attached hydrogen (secondary N) is 1. The van der Waals surface area contributed by atoms with Crippen molar-refractivity contribution >= 4 is 23.3 Å². The van der Waals surface area contributed by atoms with Gasteiger partial charge < -0.3 is 10.4 Å². The van der Waals surface area contributed by atoms with Crippen molar-refractivity contribution in [3.8, 4) is 0 Å². The van der Waals surface area contributed by atoms with Gasteiger partial charge in [0.15, 0.2) is 0 Å². The van der Waals surface area contributed by atoms with Gasteiger partial charge in [-0.1, -0.05) is 0 Å². The molecule has 1 saturated carbocycles. The van der Waals surface area contributed by atoms with Gasteiger partial charge in [-0.05, 0) is 49.3 Å². The van der Waals surface area contributed by atoms with Gasteiger partial charge in [-0.15, -0.1) is 11.3 Å². The first-order valence-electron chi connectivity index (χ1n) is 5.80. The lowest BCUT2D eigenvalue weighted by Gasteiger charge is -2.40. The summed E-state index contributed by atoms with van der Waals surface area (Å²) < 4.78 is 0. The third kappa shape index (κ3) is 2.76. The van der Waals surface area contributed by atoms with Crippen LogP contribution < -0.4 is 5.32 Å². The summed E-state index contributed by atoms with van der Waals surface area (Å²) in [4.78, 5) is 12.8. The zero-order valence-corrected chi connectivity index (χ0v) is 10.7. The van der Waals surface area contributed by atoms with Gasteiger partial charge in [-0.3, -0.25) is 4.79 Å². The number of hydrogen-bond acceptors (Lipinski definition) is 3. The van der Waals surface area contributed by atoms with Gasteiger partial charge in [-0.2, -0.15) is 0 Å². The summed E-state index contributed by atoms with van der Waals surface area (Å²) in [5.41, 5.74) is 0.825. The second-order valence-electron chi connectivity index (χ2n) is 4.58. The van der Waals surface area contributed by atoms with Crippen molar-refractivity contribution in [3.63, 3.8) is 0 Å². The van der Waals surface area contributed by atoms with E-state index < -0.39 is 0 Å². The number of aliphatic hydroxyl groups is 1. The molecule has 1 aliphatic rings. The van der Waals surface area contributed by atoms with Crippen LogP contribution >= 0.6 is 11.3 Å². The van der Waals surface area contributed by atoms with Crippen molar-refractivity contribution in [2.24, 2.45) is 0 Å². The van der Waals surface area contributed by atoms with Crippen molar-refractivity contribution in [1.29, 1.82) is 0 Å². The third-order valence-corrected chi connectivity index (χ3v) is 4.27. The smallest absolute Gasteiger partial charge is 0.244 e. The fourth-order valence-electron chi connectivity index (χ4n) is 1.94. The number of aryl methyl sites for hydroxylation is 1. The lowest BCUT2D eigenvalue weighted by Crippen LogP contribution is -2.55. The molecule has 0 radical (unpaired) electrons. The lowest BCUT2D eigenvalue weighted by molar-refractivity contribution is -0.120. The van der Waals surface area contributed by atoms with Crippen LogP contribution in [0.25, 0.3) is 6.08 Å². The molecule has 3 nitrogen and oxygen atoms in total. The highest BCUT2D eigenvalue weighted by molar-refractivity contribution is 7.11. The number of carbonyl (C=O) groups is 1. The Hall–Kier alpha value is -1.13. The summed E-state index contributed by atoms with van der Waals surface area (Å²) in [6, 6.07) is 2.03. The van der Waals surface area contributed by atoms with Crippen molar-refractivity contribution in [2.75, 3.05) is 6.61 Å². The predicted octanol–water partition coefficient (Wildman–Crippen LogP) is 2.10. The van der Waals surface area contributed by atoms with E-state index in [1.807, 2.05) is 24.4 Å². The van der Waals surface area contributed by atoms with E-state index in [2.05, 4.69) is 5.32 Å². The maximum absolute atomic E-state index is 11.7. The summed E-state index contributed by atoms with van der Waals surface area (Å²) in [6.07, 6.45) is 6.21. The van der Waals surface area contributed by atoms with E-state index in [0.717, 1.165) is 24.1 Å². The highest BCUT2D eigenvalue weighted by atomic mass is 32.1. The molecule has 1 aliphatic carbocycles. The van der Waals surface area contributed by atoms with Crippen LogP contribution in [0.1, 0.15) is 29.7 Å². The molecule has 1 aromatic rings. The quantitative estimate of drug-likeness (QED) is 0.805. The molecule has 0 saturated heterocycles. The average Bonchev–Trinajstić information content (AvgIpc) is 2.67. The van der Waals surface area contributed by atoms with Crippen molar-refractivity contribution in [1.82, 2.24) is 5.32 Å². The van der Waals surface area contributed by atoms with Crippen molar-refractivity contribution < 1.29 is 9.90 Å². The molecule has 4 heteroatoms. The summed E-state index contributed by atoms with van der Waals surface area (Å²) in [7, 11) is 0. The molecule has 0 spiro atoms. The Bertz CT molecular complexity index is 427. The maximum Gasteiger partial charge on any atom is 0.244 e. The fraction of sp³-hybridized carbons (Fsp3) is 0.462. The Kier molecular flexibility index (Phi) is 3.64. The van der Waals surface area contributed by atoms with Gasteiger partial charge >= 0.3 is 0 Å². The van der Waals surface area contributed by atoms with Crippen LogP contribution in [0, 0.1) is 6.92 Å². The Morgan fingerprint density at radius 3 is 2.88 bits per heavy atom. The number of hydrogen-bond donors (Lipinski definition) is 2. The molecule has 2 rings (SSSR count). The minimum Gasteiger partial charge on any atom is -0.394 e. The molecular weight excluding hydrogens is 234 g/mol. The van der Waals surface area contributed by atoms with E-state index in [4.69, 9.17) is 0 Å². The van der Waals surface area contributed by atoms with E-state index in [-0.39, 0.29) is 18.1 Å². The van der Waals surface area contributed by atoms with E-state index >= 15 is 0 Å². The highest BCUT2D eigenvalue weighted by Crippen LogP contribution is 2.31. The molecule has 92 valence electrons. The van der Waals surface area contributed by atoms with Crippen molar-refractivity contribution in [2.45, 2.75) is 31.7 Å². The van der Waals surface area contributed by atoms with Gasteiger partial charge in [-0.25, -0.2) is 0 Å². The monoisotopic (exact) mass is 251 g/mol. The number of carbonyl (C=O) groups excluding carboxylic acids is 1. The second-order valence-corrected chi connectivity index (χ2v) is 5.53. The van der Waals surface area contributed by atoms with Gasteiger partial charge in [0.2, 0.25) is 5.91 Å². The molecular formula is C13H17NO2S. The number of aliphatic hydroxyl groups excluding tert-OH is 1. The molecule has 0 atom stereocenters. The third-order valence-electron chi connectivity index (χ3n) is 3.29. The van der Waals surface area contributed by atoms with Crippen LogP contribution in [-0.4, -0.2) is 23.2 Å². The molecule has 1 amide bonds. The molecule has 1 aromatic heterocycles. The molecule has 1 fully saturated rings. The summed E-state index contributed by atoms with van der Waals surface area (Å²) in [6.45, 7) is 2.06. The zero-order valence-electron chi connectivity index (χ0n) is 9.90.